The van der Waals surface area contributed by atoms with E-state index >= 15 is 0 Å². The number of aryl methyl sites for hydroxylation is 1. The van der Waals surface area contributed by atoms with Gasteiger partial charge in [-0.2, -0.15) is 11.8 Å². The van der Waals surface area contributed by atoms with Gasteiger partial charge in [0.25, 0.3) is 0 Å². The number of rotatable bonds is 3. The van der Waals surface area contributed by atoms with E-state index in [2.05, 4.69) is 47.2 Å². The molecule has 1 fully saturated rings. The summed E-state index contributed by atoms with van der Waals surface area (Å²) in [5, 5.41) is 5.34. The first-order chi connectivity index (χ1) is 8.33. The second-order valence-electron chi connectivity index (χ2n) is 4.46. The summed E-state index contributed by atoms with van der Waals surface area (Å²) < 4.78 is 1.28. The minimum Gasteiger partial charge on any atom is -0.360 e. The number of anilines is 1. The van der Waals surface area contributed by atoms with Crippen molar-refractivity contribution in [2.24, 2.45) is 0 Å². The summed E-state index contributed by atoms with van der Waals surface area (Å²) in [6, 6.07) is 6.38. The maximum atomic E-state index is 4.67. The number of hydrogen-bond acceptors (Lipinski definition) is 4. The van der Waals surface area contributed by atoms with E-state index < -0.39 is 0 Å². The van der Waals surface area contributed by atoms with Crippen LogP contribution < -0.4 is 5.32 Å². The molecule has 17 heavy (non-hydrogen) atoms. The molecule has 0 spiro atoms. The van der Waals surface area contributed by atoms with Crippen LogP contribution >= 0.6 is 23.1 Å². The fourth-order valence-electron chi connectivity index (χ4n) is 2.17. The molecule has 0 amide bonds. The number of nitrogens with zero attached hydrogens (tertiary/aromatic N) is 1. The Morgan fingerprint density at radius 2 is 2.41 bits per heavy atom. The molecule has 90 valence electrons. The molecule has 1 N–H and O–H groups in total. The van der Waals surface area contributed by atoms with Gasteiger partial charge < -0.3 is 5.32 Å². The van der Waals surface area contributed by atoms with Crippen molar-refractivity contribution in [2.75, 3.05) is 17.6 Å². The molecule has 1 saturated heterocycles. The monoisotopic (exact) mass is 264 g/mol. The highest BCUT2D eigenvalue weighted by atomic mass is 32.2. The molecule has 1 aromatic carbocycles. The second kappa shape index (κ2) is 4.86. The number of aromatic nitrogens is 1. The highest BCUT2D eigenvalue weighted by Gasteiger charge is 2.15. The van der Waals surface area contributed by atoms with E-state index in [1.54, 1.807) is 11.3 Å². The first kappa shape index (κ1) is 11.4. The lowest BCUT2D eigenvalue weighted by atomic mass is 10.2. The maximum Gasteiger partial charge on any atom is 0.183 e. The van der Waals surface area contributed by atoms with Crippen LogP contribution in [0.2, 0.25) is 0 Å². The molecule has 1 aromatic heterocycles. The topological polar surface area (TPSA) is 24.9 Å². The zero-order valence-electron chi connectivity index (χ0n) is 9.90. The zero-order chi connectivity index (χ0) is 11.7. The summed E-state index contributed by atoms with van der Waals surface area (Å²) in [5.41, 5.74) is 2.42. The van der Waals surface area contributed by atoms with Crippen LogP contribution in [0.5, 0.6) is 0 Å². The minimum atomic E-state index is 0.781. The van der Waals surface area contributed by atoms with Crippen molar-refractivity contribution < 1.29 is 0 Å². The van der Waals surface area contributed by atoms with Crippen molar-refractivity contribution in [3.8, 4) is 0 Å². The quantitative estimate of drug-likeness (QED) is 0.909. The normalized spacial score (nSPS) is 19.9. The number of thioether (sulfide) groups is 1. The van der Waals surface area contributed by atoms with Crippen LogP contribution in [0.4, 0.5) is 5.13 Å². The smallest absolute Gasteiger partial charge is 0.183 e. The Morgan fingerprint density at radius 3 is 3.18 bits per heavy atom. The van der Waals surface area contributed by atoms with Gasteiger partial charge in [0.2, 0.25) is 0 Å². The molecule has 2 heterocycles. The first-order valence-corrected chi connectivity index (χ1v) is 7.91. The Labute approximate surface area is 110 Å². The number of thiazole rings is 1. The Hall–Kier alpha value is -0.740. The summed E-state index contributed by atoms with van der Waals surface area (Å²) in [4.78, 5) is 4.67. The molecule has 1 atom stereocenters. The average Bonchev–Trinajstić information content (AvgIpc) is 2.95. The molecule has 1 aliphatic heterocycles. The highest BCUT2D eigenvalue weighted by Crippen LogP contribution is 2.30. The largest absolute Gasteiger partial charge is 0.360 e. The number of fused-ring (bicyclic) bond motifs is 1. The van der Waals surface area contributed by atoms with Crippen LogP contribution in [-0.2, 0) is 0 Å². The molecule has 1 unspecified atom stereocenters. The van der Waals surface area contributed by atoms with Crippen LogP contribution in [0.3, 0.4) is 0 Å². The number of hydrogen-bond donors (Lipinski definition) is 1. The van der Waals surface area contributed by atoms with Crippen molar-refractivity contribution in [1.29, 1.82) is 0 Å². The minimum absolute atomic E-state index is 0.781. The molecule has 0 saturated carbocycles. The maximum absolute atomic E-state index is 4.67. The Morgan fingerprint density at radius 1 is 1.47 bits per heavy atom. The average molecular weight is 264 g/mol. The van der Waals surface area contributed by atoms with Gasteiger partial charge in [0.05, 0.1) is 10.2 Å². The third kappa shape index (κ3) is 2.43. The highest BCUT2D eigenvalue weighted by molar-refractivity contribution is 8.00. The van der Waals surface area contributed by atoms with Gasteiger partial charge >= 0.3 is 0 Å². The molecule has 4 heteroatoms. The third-order valence-corrected chi connectivity index (χ3v) is 5.50. The van der Waals surface area contributed by atoms with Crippen molar-refractivity contribution in [3.63, 3.8) is 0 Å². The van der Waals surface area contributed by atoms with Crippen LogP contribution in [0.15, 0.2) is 18.2 Å². The van der Waals surface area contributed by atoms with Gasteiger partial charge in [0.1, 0.15) is 0 Å². The van der Waals surface area contributed by atoms with Gasteiger partial charge in [-0.05, 0) is 37.1 Å². The lowest BCUT2D eigenvalue weighted by Gasteiger charge is -2.08. The van der Waals surface area contributed by atoms with Crippen molar-refractivity contribution in [1.82, 2.24) is 4.98 Å². The molecule has 0 bridgehead atoms. The predicted molar refractivity (Wildman–Crippen MR) is 78.3 cm³/mol. The van der Waals surface area contributed by atoms with Crippen LogP contribution in [0.25, 0.3) is 10.2 Å². The summed E-state index contributed by atoms with van der Waals surface area (Å²) in [5.74, 6) is 1.32. The Bertz CT molecular complexity index is 515. The summed E-state index contributed by atoms with van der Waals surface area (Å²) in [7, 11) is 0. The van der Waals surface area contributed by atoms with Crippen molar-refractivity contribution in [3.05, 3.63) is 23.8 Å². The van der Waals surface area contributed by atoms with E-state index in [9.17, 15) is 0 Å². The standard InChI is InChI=1S/C13H16N2S2/c1-9-4-2-6-11-12(9)15-13(17-11)14-8-10-5-3-7-16-10/h2,4,6,10H,3,5,7-8H2,1H3,(H,14,15). The molecule has 2 nitrogen and oxygen atoms in total. The van der Waals surface area contributed by atoms with Gasteiger partial charge in [-0.15, -0.1) is 0 Å². The first-order valence-electron chi connectivity index (χ1n) is 6.04. The van der Waals surface area contributed by atoms with Gasteiger partial charge in [-0.3, -0.25) is 0 Å². The number of nitrogens with one attached hydrogen (secondary N) is 1. The fourth-order valence-corrected chi connectivity index (χ4v) is 4.32. The summed E-state index contributed by atoms with van der Waals surface area (Å²) in [6.07, 6.45) is 2.72. The van der Waals surface area contributed by atoms with Gasteiger partial charge in [-0.1, -0.05) is 23.5 Å². The molecular weight excluding hydrogens is 248 g/mol. The molecular formula is C13H16N2S2. The zero-order valence-corrected chi connectivity index (χ0v) is 11.5. The van der Waals surface area contributed by atoms with E-state index in [0.29, 0.717) is 0 Å². The Kier molecular flexibility index (Phi) is 3.25. The molecule has 1 aliphatic rings. The van der Waals surface area contributed by atoms with Gasteiger partial charge in [0, 0.05) is 11.8 Å². The number of para-hydroxylation sites is 1. The van der Waals surface area contributed by atoms with Crippen LogP contribution in [-0.4, -0.2) is 22.5 Å². The van der Waals surface area contributed by atoms with E-state index in [1.165, 1.54) is 28.9 Å². The van der Waals surface area contributed by atoms with Crippen LogP contribution in [0, 0.1) is 6.92 Å². The van der Waals surface area contributed by atoms with Crippen LogP contribution in [0.1, 0.15) is 18.4 Å². The second-order valence-corrected chi connectivity index (χ2v) is 6.90. The molecule has 2 aromatic rings. The van der Waals surface area contributed by atoms with E-state index in [-0.39, 0.29) is 0 Å². The van der Waals surface area contributed by atoms with Gasteiger partial charge in [0.15, 0.2) is 5.13 Å². The van der Waals surface area contributed by atoms with E-state index in [1.807, 2.05) is 0 Å². The predicted octanol–water partition coefficient (Wildman–Crippen LogP) is 3.91. The SMILES string of the molecule is Cc1cccc2sc(NCC3CCCS3)nc12. The number of benzene rings is 1. The fraction of sp³-hybridized carbons (Fsp3) is 0.462. The lowest BCUT2D eigenvalue weighted by molar-refractivity contribution is 0.805. The molecule has 0 radical (unpaired) electrons. The Balaban J connectivity index is 1.74. The summed E-state index contributed by atoms with van der Waals surface area (Å²) in [6.45, 7) is 3.18. The van der Waals surface area contributed by atoms with E-state index in [0.717, 1.165) is 22.4 Å². The van der Waals surface area contributed by atoms with Gasteiger partial charge in [-0.25, -0.2) is 4.98 Å². The molecule has 3 rings (SSSR count). The summed E-state index contributed by atoms with van der Waals surface area (Å²) >= 11 is 3.85. The van der Waals surface area contributed by atoms with Crippen molar-refractivity contribution in [2.45, 2.75) is 25.0 Å². The third-order valence-electron chi connectivity index (χ3n) is 3.13. The van der Waals surface area contributed by atoms with Crippen molar-refractivity contribution >= 4 is 38.4 Å². The molecule has 0 aliphatic carbocycles. The lowest BCUT2D eigenvalue weighted by Crippen LogP contribution is -2.13. The van der Waals surface area contributed by atoms with E-state index in [4.69, 9.17) is 0 Å².